The fraction of sp³-hybridized carbons (Fsp3) is 0.0769. The molecule has 0 atom stereocenters. The topological polar surface area (TPSA) is 60.7 Å². The van der Waals surface area contributed by atoms with Gasteiger partial charge < -0.3 is 10.6 Å². The molecule has 0 fully saturated rings. The molecule has 0 bridgehead atoms. The first-order valence-corrected chi connectivity index (χ1v) is 5.24. The Hall–Kier alpha value is -2.54. The summed E-state index contributed by atoms with van der Waals surface area (Å²) in [6.07, 6.45) is 1.66. The molecule has 0 radical (unpaired) electrons. The minimum Gasteiger partial charge on any atom is -0.372 e. The molecule has 0 unspecified atom stereocenters. The maximum absolute atomic E-state index is 9.14. The van der Waals surface area contributed by atoms with Crippen LogP contribution in [0.5, 0.6) is 0 Å². The zero-order chi connectivity index (χ0) is 12.1. The largest absolute Gasteiger partial charge is 0.372 e. The summed E-state index contributed by atoms with van der Waals surface area (Å²) in [4.78, 5) is 4.10. The smallest absolute Gasteiger partial charge is 0.145 e. The lowest BCUT2D eigenvalue weighted by molar-refractivity contribution is 1.26. The number of rotatable bonds is 3. The summed E-state index contributed by atoms with van der Waals surface area (Å²) in [5.74, 6) is 0.577. The fourth-order valence-electron chi connectivity index (χ4n) is 1.55. The van der Waals surface area contributed by atoms with Gasteiger partial charge in [0.15, 0.2) is 0 Å². The van der Waals surface area contributed by atoms with Crippen molar-refractivity contribution in [2.24, 2.45) is 0 Å². The summed E-state index contributed by atoms with van der Waals surface area (Å²) in [6, 6.07) is 13.6. The summed E-state index contributed by atoms with van der Waals surface area (Å²) in [5, 5.41) is 15.2. The van der Waals surface area contributed by atoms with Gasteiger partial charge in [-0.3, -0.25) is 0 Å². The zero-order valence-electron chi connectivity index (χ0n) is 9.44. The van der Waals surface area contributed by atoms with Crippen LogP contribution in [0.25, 0.3) is 0 Å². The Morgan fingerprint density at radius 3 is 2.59 bits per heavy atom. The third-order valence-electron chi connectivity index (χ3n) is 2.35. The lowest BCUT2D eigenvalue weighted by atomic mass is 10.2. The van der Waals surface area contributed by atoms with Crippen LogP contribution in [0, 0.1) is 11.3 Å². The van der Waals surface area contributed by atoms with Crippen molar-refractivity contribution in [3.63, 3.8) is 0 Å². The molecule has 17 heavy (non-hydrogen) atoms. The monoisotopic (exact) mass is 224 g/mol. The third kappa shape index (κ3) is 2.34. The van der Waals surface area contributed by atoms with Gasteiger partial charge in [-0.1, -0.05) is 18.2 Å². The highest BCUT2D eigenvalue weighted by Crippen LogP contribution is 2.24. The molecule has 0 aliphatic carbocycles. The van der Waals surface area contributed by atoms with Crippen molar-refractivity contribution < 1.29 is 0 Å². The molecule has 1 aromatic carbocycles. The number of nitrogens with one attached hydrogen (secondary N) is 2. The predicted octanol–water partition coefficient (Wildman–Crippen LogP) is 2.74. The number of nitrogens with zero attached hydrogens (tertiary/aromatic N) is 2. The van der Waals surface area contributed by atoms with Gasteiger partial charge in [-0.25, -0.2) is 4.98 Å². The molecule has 2 aromatic rings. The van der Waals surface area contributed by atoms with E-state index in [0.717, 1.165) is 11.4 Å². The standard InChI is InChI=1S/C13H12N4/c1-15-13-11(9-14)12(7-8-16-13)17-10-5-3-2-4-6-10/h2-8H,1H3,(H2,15,16,17). The van der Waals surface area contributed by atoms with Gasteiger partial charge >= 0.3 is 0 Å². The third-order valence-corrected chi connectivity index (χ3v) is 2.35. The molecule has 0 spiro atoms. The van der Waals surface area contributed by atoms with Crippen LogP contribution in [0.1, 0.15) is 5.56 Å². The van der Waals surface area contributed by atoms with Gasteiger partial charge in [0, 0.05) is 18.9 Å². The first kappa shape index (κ1) is 11.0. The van der Waals surface area contributed by atoms with Gasteiger partial charge in [-0.05, 0) is 18.2 Å². The molecule has 0 saturated heterocycles. The molecule has 0 aliphatic heterocycles. The van der Waals surface area contributed by atoms with E-state index in [1.54, 1.807) is 19.3 Å². The second-order valence-electron chi connectivity index (χ2n) is 3.43. The molecule has 0 aliphatic rings. The number of hydrogen-bond acceptors (Lipinski definition) is 4. The van der Waals surface area contributed by atoms with Crippen LogP contribution in [0.4, 0.5) is 17.2 Å². The van der Waals surface area contributed by atoms with Crippen LogP contribution < -0.4 is 10.6 Å². The van der Waals surface area contributed by atoms with Gasteiger partial charge in [-0.15, -0.1) is 0 Å². The van der Waals surface area contributed by atoms with Crippen molar-refractivity contribution in [1.82, 2.24) is 4.98 Å². The van der Waals surface area contributed by atoms with Crippen LogP contribution in [0.2, 0.25) is 0 Å². The highest BCUT2D eigenvalue weighted by Gasteiger charge is 2.07. The summed E-state index contributed by atoms with van der Waals surface area (Å²) >= 11 is 0. The van der Waals surface area contributed by atoms with Crippen molar-refractivity contribution in [2.75, 3.05) is 17.7 Å². The van der Waals surface area contributed by atoms with E-state index >= 15 is 0 Å². The molecule has 0 amide bonds. The van der Waals surface area contributed by atoms with Crippen LogP contribution in [0.3, 0.4) is 0 Å². The second kappa shape index (κ2) is 4.99. The molecule has 2 N–H and O–H groups in total. The predicted molar refractivity (Wildman–Crippen MR) is 68.2 cm³/mol. The number of hydrogen-bond donors (Lipinski definition) is 2. The number of para-hydroxylation sites is 1. The zero-order valence-corrected chi connectivity index (χ0v) is 9.44. The van der Waals surface area contributed by atoms with Gasteiger partial charge in [0.25, 0.3) is 0 Å². The maximum Gasteiger partial charge on any atom is 0.145 e. The molecular weight excluding hydrogens is 212 g/mol. The van der Waals surface area contributed by atoms with E-state index in [-0.39, 0.29) is 0 Å². The van der Waals surface area contributed by atoms with Crippen molar-refractivity contribution in [3.05, 3.63) is 48.2 Å². The minimum atomic E-state index is 0.513. The van der Waals surface area contributed by atoms with Crippen LogP contribution in [-0.4, -0.2) is 12.0 Å². The van der Waals surface area contributed by atoms with E-state index in [4.69, 9.17) is 5.26 Å². The van der Waals surface area contributed by atoms with E-state index in [1.165, 1.54) is 0 Å². The van der Waals surface area contributed by atoms with Crippen LogP contribution in [0.15, 0.2) is 42.6 Å². The van der Waals surface area contributed by atoms with E-state index in [0.29, 0.717) is 11.4 Å². The van der Waals surface area contributed by atoms with Gasteiger partial charge in [0.2, 0.25) is 0 Å². The van der Waals surface area contributed by atoms with Crippen molar-refractivity contribution in [1.29, 1.82) is 5.26 Å². The molecule has 1 heterocycles. The van der Waals surface area contributed by atoms with E-state index in [9.17, 15) is 0 Å². The first-order chi connectivity index (χ1) is 8.35. The Balaban J connectivity index is 2.37. The summed E-state index contributed by atoms with van der Waals surface area (Å²) < 4.78 is 0. The quantitative estimate of drug-likeness (QED) is 0.841. The summed E-state index contributed by atoms with van der Waals surface area (Å²) in [5.41, 5.74) is 2.20. The number of pyridine rings is 1. The van der Waals surface area contributed by atoms with Crippen molar-refractivity contribution in [3.8, 4) is 6.07 Å². The molecule has 2 rings (SSSR count). The van der Waals surface area contributed by atoms with Gasteiger partial charge in [0.1, 0.15) is 17.5 Å². The SMILES string of the molecule is CNc1nccc(Nc2ccccc2)c1C#N. The fourth-order valence-corrected chi connectivity index (χ4v) is 1.55. The van der Waals surface area contributed by atoms with E-state index in [2.05, 4.69) is 21.7 Å². The molecule has 0 saturated carbocycles. The molecule has 4 heteroatoms. The maximum atomic E-state index is 9.14. The average Bonchev–Trinajstić information content (AvgIpc) is 2.39. The lowest BCUT2D eigenvalue weighted by Crippen LogP contribution is -2.00. The van der Waals surface area contributed by atoms with Crippen molar-refractivity contribution in [2.45, 2.75) is 0 Å². The Kier molecular flexibility index (Phi) is 3.22. The lowest BCUT2D eigenvalue weighted by Gasteiger charge is -2.10. The summed E-state index contributed by atoms with van der Waals surface area (Å²) in [7, 11) is 1.75. The Labute approximate surface area is 99.9 Å². The normalized spacial score (nSPS) is 9.41. The Morgan fingerprint density at radius 1 is 1.18 bits per heavy atom. The highest BCUT2D eigenvalue weighted by molar-refractivity contribution is 5.72. The molecule has 4 nitrogen and oxygen atoms in total. The van der Waals surface area contributed by atoms with E-state index < -0.39 is 0 Å². The first-order valence-electron chi connectivity index (χ1n) is 5.24. The number of aromatic nitrogens is 1. The summed E-state index contributed by atoms with van der Waals surface area (Å²) in [6.45, 7) is 0. The molecule has 84 valence electrons. The van der Waals surface area contributed by atoms with Gasteiger partial charge in [0.05, 0.1) is 5.69 Å². The Morgan fingerprint density at radius 2 is 1.94 bits per heavy atom. The second-order valence-corrected chi connectivity index (χ2v) is 3.43. The number of benzene rings is 1. The highest BCUT2D eigenvalue weighted by atomic mass is 15.0. The Bertz CT molecular complexity index is 543. The number of nitriles is 1. The van der Waals surface area contributed by atoms with Gasteiger partial charge in [-0.2, -0.15) is 5.26 Å². The van der Waals surface area contributed by atoms with E-state index in [1.807, 2.05) is 30.3 Å². The van der Waals surface area contributed by atoms with Crippen LogP contribution in [-0.2, 0) is 0 Å². The van der Waals surface area contributed by atoms with Crippen LogP contribution >= 0.6 is 0 Å². The van der Waals surface area contributed by atoms with Crippen molar-refractivity contribution >= 4 is 17.2 Å². The average molecular weight is 224 g/mol. The number of anilines is 3. The minimum absolute atomic E-state index is 0.513. The molecule has 1 aromatic heterocycles. The molecular formula is C13H12N4.